The number of rotatable bonds is 4. The Hall–Kier alpha value is -1.38. The third-order valence-corrected chi connectivity index (χ3v) is 4.40. The van der Waals surface area contributed by atoms with Crippen molar-refractivity contribution < 1.29 is 22.4 Å². The quantitative estimate of drug-likeness (QED) is 0.844. The van der Waals surface area contributed by atoms with Crippen molar-refractivity contribution in [2.24, 2.45) is 0 Å². The summed E-state index contributed by atoms with van der Waals surface area (Å²) in [4.78, 5) is 11.9. The van der Waals surface area contributed by atoms with Gasteiger partial charge < -0.3 is 14.5 Å². The number of nitrogens with zero attached hydrogens (tertiary/aromatic N) is 1. The molecule has 0 unspecified atom stereocenters. The second-order valence-electron chi connectivity index (χ2n) is 4.76. The van der Waals surface area contributed by atoms with Crippen LogP contribution in [0.1, 0.15) is 16.1 Å². The molecule has 1 N–H and O–H groups in total. The van der Waals surface area contributed by atoms with Crippen LogP contribution >= 0.6 is 0 Å². The van der Waals surface area contributed by atoms with Gasteiger partial charge in [0.25, 0.3) is 5.91 Å². The van der Waals surface area contributed by atoms with Crippen LogP contribution in [0.15, 0.2) is 16.7 Å². The number of carbonyl (C=O) groups excluding carboxylic acids is 1. The Bertz CT molecular complexity index is 580. The first-order valence-corrected chi connectivity index (χ1v) is 8.12. The van der Waals surface area contributed by atoms with Gasteiger partial charge in [0.1, 0.15) is 0 Å². The average molecular weight is 302 g/mol. The fraction of sp³-hybridized carbons (Fsp3) is 0.583. The molecule has 20 heavy (non-hydrogen) atoms. The molecule has 1 fully saturated rings. The summed E-state index contributed by atoms with van der Waals surface area (Å²) in [5.74, 6) is -0.0617. The summed E-state index contributed by atoms with van der Waals surface area (Å²) in [7, 11) is -3.23. The van der Waals surface area contributed by atoms with Gasteiger partial charge in [-0.25, -0.2) is 8.42 Å². The molecule has 2 rings (SSSR count). The Labute approximate surface area is 117 Å². The first-order chi connectivity index (χ1) is 9.38. The highest BCUT2D eigenvalue weighted by atomic mass is 32.2. The van der Waals surface area contributed by atoms with Crippen LogP contribution in [-0.2, 0) is 14.8 Å². The number of nitrogens with one attached hydrogen (secondary N) is 1. The molecule has 1 amide bonds. The van der Waals surface area contributed by atoms with Crippen LogP contribution in [0, 0.1) is 6.92 Å². The Morgan fingerprint density at radius 1 is 1.55 bits per heavy atom. The van der Waals surface area contributed by atoms with Crippen molar-refractivity contribution in [1.29, 1.82) is 0 Å². The van der Waals surface area contributed by atoms with Crippen LogP contribution in [0.4, 0.5) is 0 Å². The van der Waals surface area contributed by atoms with E-state index in [1.165, 1.54) is 16.8 Å². The van der Waals surface area contributed by atoms with Gasteiger partial charge in [0.05, 0.1) is 25.2 Å². The zero-order valence-electron chi connectivity index (χ0n) is 11.5. The molecule has 0 bridgehead atoms. The summed E-state index contributed by atoms with van der Waals surface area (Å²) in [5.41, 5.74) is 0.754. The molecule has 1 aliphatic rings. The van der Waals surface area contributed by atoms with Gasteiger partial charge in [0.2, 0.25) is 10.0 Å². The molecule has 0 saturated carbocycles. The number of morpholine rings is 1. The van der Waals surface area contributed by atoms with Crippen molar-refractivity contribution in [3.63, 3.8) is 0 Å². The maximum atomic E-state index is 11.9. The molecule has 2 heterocycles. The normalized spacial score (nSPS) is 20.8. The average Bonchev–Trinajstić information content (AvgIpc) is 2.82. The Kier molecular flexibility index (Phi) is 4.46. The maximum absolute atomic E-state index is 11.9. The third kappa shape index (κ3) is 3.59. The van der Waals surface area contributed by atoms with E-state index in [1.54, 1.807) is 13.0 Å². The molecule has 1 saturated heterocycles. The predicted octanol–water partition coefficient (Wildman–Crippen LogP) is -0.0218. The van der Waals surface area contributed by atoms with Gasteiger partial charge in [0.15, 0.2) is 5.76 Å². The van der Waals surface area contributed by atoms with Crippen LogP contribution in [0.2, 0.25) is 0 Å². The van der Waals surface area contributed by atoms with Gasteiger partial charge in [-0.15, -0.1) is 0 Å². The van der Waals surface area contributed by atoms with Crippen molar-refractivity contribution in [3.8, 4) is 0 Å². The molecule has 0 spiro atoms. The number of sulfonamides is 1. The van der Waals surface area contributed by atoms with Gasteiger partial charge in [-0.05, 0) is 13.0 Å². The lowest BCUT2D eigenvalue weighted by Crippen LogP contribution is -2.49. The minimum atomic E-state index is -3.23. The number of hydrogen-bond donors (Lipinski definition) is 1. The number of hydrogen-bond acceptors (Lipinski definition) is 5. The maximum Gasteiger partial charge on any atom is 0.287 e. The van der Waals surface area contributed by atoms with E-state index in [1.807, 2.05) is 0 Å². The molecular formula is C12H18N2O5S. The van der Waals surface area contributed by atoms with Gasteiger partial charge in [-0.3, -0.25) is 4.79 Å². The molecule has 1 atom stereocenters. The number of furan rings is 1. The Morgan fingerprint density at radius 2 is 2.30 bits per heavy atom. The van der Waals surface area contributed by atoms with Gasteiger partial charge >= 0.3 is 0 Å². The van der Waals surface area contributed by atoms with Gasteiger partial charge in [-0.2, -0.15) is 4.31 Å². The second-order valence-corrected chi connectivity index (χ2v) is 6.74. The molecular weight excluding hydrogens is 284 g/mol. The van der Waals surface area contributed by atoms with Crippen LogP contribution in [0.3, 0.4) is 0 Å². The number of aryl methyl sites for hydroxylation is 1. The predicted molar refractivity (Wildman–Crippen MR) is 71.9 cm³/mol. The summed E-state index contributed by atoms with van der Waals surface area (Å²) in [5, 5.41) is 2.69. The Balaban J connectivity index is 1.88. The van der Waals surface area contributed by atoms with E-state index in [-0.39, 0.29) is 30.9 Å². The van der Waals surface area contributed by atoms with Crippen molar-refractivity contribution in [2.45, 2.75) is 13.0 Å². The number of ether oxygens (including phenoxy) is 1. The van der Waals surface area contributed by atoms with Crippen LogP contribution in [0.25, 0.3) is 0 Å². The van der Waals surface area contributed by atoms with E-state index in [2.05, 4.69) is 5.32 Å². The summed E-state index contributed by atoms with van der Waals surface area (Å²) >= 11 is 0. The molecule has 8 heteroatoms. The molecule has 0 aromatic carbocycles. The largest absolute Gasteiger partial charge is 0.459 e. The zero-order chi connectivity index (χ0) is 14.8. The zero-order valence-corrected chi connectivity index (χ0v) is 12.3. The van der Waals surface area contributed by atoms with Crippen LogP contribution < -0.4 is 5.32 Å². The lowest BCUT2D eigenvalue weighted by Gasteiger charge is -2.31. The SMILES string of the molecule is Cc1ccoc1C(=O)NC[C@@H]1CN(S(C)(=O)=O)CCO1. The summed E-state index contributed by atoms with van der Waals surface area (Å²) in [6.45, 7) is 2.94. The van der Waals surface area contributed by atoms with Crippen LogP contribution in [-0.4, -0.2) is 57.2 Å². The Morgan fingerprint density at radius 3 is 2.90 bits per heavy atom. The number of carbonyl (C=O) groups is 1. The van der Waals surface area contributed by atoms with E-state index in [9.17, 15) is 13.2 Å². The first-order valence-electron chi connectivity index (χ1n) is 6.27. The molecule has 1 aromatic heterocycles. The monoisotopic (exact) mass is 302 g/mol. The number of amides is 1. The van der Waals surface area contributed by atoms with Crippen molar-refractivity contribution in [3.05, 3.63) is 23.7 Å². The van der Waals surface area contributed by atoms with Gasteiger partial charge in [-0.1, -0.05) is 0 Å². The molecule has 0 radical (unpaired) electrons. The van der Waals surface area contributed by atoms with Crippen molar-refractivity contribution in [2.75, 3.05) is 32.5 Å². The van der Waals surface area contributed by atoms with Crippen molar-refractivity contribution in [1.82, 2.24) is 9.62 Å². The summed E-state index contributed by atoms with van der Waals surface area (Å²) < 4.78 is 34.8. The second kappa shape index (κ2) is 5.94. The standard InChI is InChI=1S/C12H18N2O5S/c1-9-3-5-19-11(9)12(15)13-7-10-8-14(4-6-18-10)20(2,16)17/h3,5,10H,4,6-8H2,1-2H3,(H,13,15)/t10-/m1/s1. The minimum Gasteiger partial charge on any atom is -0.459 e. The first kappa shape index (κ1) is 15.0. The molecule has 1 aliphatic heterocycles. The molecule has 112 valence electrons. The molecule has 0 aliphatic carbocycles. The van der Waals surface area contributed by atoms with E-state index < -0.39 is 10.0 Å². The van der Waals surface area contributed by atoms with E-state index in [0.717, 1.165) is 5.56 Å². The topological polar surface area (TPSA) is 88.9 Å². The minimum absolute atomic E-state index is 0.241. The summed E-state index contributed by atoms with van der Waals surface area (Å²) in [6.07, 6.45) is 2.27. The molecule has 1 aromatic rings. The van der Waals surface area contributed by atoms with E-state index in [4.69, 9.17) is 9.15 Å². The lowest BCUT2D eigenvalue weighted by atomic mass is 10.2. The van der Waals surface area contributed by atoms with Crippen molar-refractivity contribution >= 4 is 15.9 Å². The highest BCUT2D eigenvalue weighted by molar-refractivity contribution is 7.88. The van der Waals surface area contributed by atoms with Gasteiger partial charge in [0, 0.05) is 25.2 Å². The van der Waals surface area contributed by atoms with Crippen LogP contribution in [0.5, 0.6) is 0 Å². The highest BCUT2D eigenvalue weighted by Gasteiger charge is 2.27. The molecule has 7 nitrogen and oxygen atoms in total. The van der Waals surface area contributed by atoms with E-state index in [0.29, 0.717) is 13.2 Å². The summed E-state index contributed by atoms with van der Waals surface area (Å²) in [6, 6.07) is 1.71. The highest BCUT2D eigenvalue weighted by Crippen LogP contribution is 2.10. The fourth-order valence-electron chi connectivity index (χ4n) is 2.01. The smallest absolute Gasteiger partial charge is 0.287 e. The lowest BCUT2D eigenvalue weighted by molar-refractivity contribution is 0.000300. The fourth-order valence-corrected chi connectivity index (χ4v) is 2.85. The third-order valence-electron chi connectivity index (χ3n) is 3.13. The van der Waals surface area contributed by atoms with E-state index >= 15 is 0 Å².